The molecule has 4 aliphatic carbocycles. The SMILES string of the molecule is CC1(OC2CCN(C(=O)[C@H](NC(=O)c3cccc(C4CCCN(C(=O)C56CC(C5)C6)C4)c3F)C3CCCCC3)CC2)CCN(CC(=O)N2CCN(C(=O)c3cc(Cc4n[nH]c(=O)c5ccccc45)ccc3F)CC2)CC1. The zero-order valence-electron chi connectivity index (χ0n) is 43.8. The van der Waals surface area contributed by atoms with Gasteiger partial charge in [-0.3, -0.25) is 33.7 Å². The number of ether oxygens (including phenoxy) is 1. The minimum atomic E-state index is -0.755. The summed E-state index contributed by atoms with van der Waals surface area (Å²) in [6.45, 7) is 7.17. The highest BCUT2D eigenvalue weighted by Gasteiger charge is 2.62. The zero-order chi connectivity index (χ0) is 52.7. The number of carbonyl (C=O) groups is 5. The van der Waals surface area contributed by atoms with Crippen molar-refractivity contribution < 1.29 is 37.5 Å². The second-order valence-electron chi connectivity index (χ2n) is 23.5. The Morgan fingerprint density at radius 3 is 2.17 bits per heavy atom. The summed E-state index contributed by atoms with van der Waals surface area (Å²) in [5.41, 5.74) is 0.807. The van der Waals surface area contributed by atoms with Gasteiger partial charge in [-0.1, -0.05) is 55.7 Å². The lowest BCUT2D eigenvalue weighted by atomic mass is 9.44. The van der Waals surface area contributed by atoms with Crippen LogP contribution in [0.15, 0.2) is 65.5 Å². The highest BCUT2D eigenvalue weighted by atomic mass is 19.1. The molecule has 4 aliphatic heterocycles. The van der Waals surface area contributed by atoms with Crippen LogP contribution < -0.4 is 10.9 Å². The predicted octanol–water partition coefficient (Wildman–Crippen LogP) is 6.82. The van der Waals surface area contributed by atoms with Crippen molar-refractivity contribution in [3.63, 3.8) is 0 Å². The number of piperidine rings is 3. The van der Waals surface area contributed by atoms with Gasteiger partial charge in [0, 0.05) is 83.2 Å². The molecule has 4 saturated carbocycles. The predicted molar refractivity (Wildman–Crippen MR) is 281 cm³/mol. The first-order valence-electron chi connectivity index (χ1n) is 28.1. The van der Waals surface area contributed by atoms with Crippen LogP contribution in [0.4, 0.5) is 8.78 Å². The Morgan fingerprint density at radius 1 is 0.750 bits per heavy atom. The van der Waals surface area contributed by atoms with Crippen molar-refractivity contribution >= 4 is 40.3 Å². The van der Waals surface area contributed by atoms with Crippen molar-refractivity contribution in [1.29, 1.82) is 0 Å². The normalized spacial score (nSPS) is 24.6. The van der Waals surface area contributed by atoms with E-state index in [2.05, 4.69) is 27.3 Å². The van der Waals surface area contributed by atoms with E-state index in [0.29, 0.717) is 105 Å². The molecular weight excluding hydrogens is 971 g/mol. The second kappa shape index (κ2) is 21.8. The third-order valence-corrected chi connectivity index (χ3v) is 18.4. The topological polar surface area (TPSA) is 169 Å². The number of carbonyl (C=O) groups excluding carboxylic acids is 5. The molecule has 76 heavy (non-hydrogen) atoms. The molecule has 15 nitrogen and oxygen atoms in total. The Kier molecular flexibility index (Phi) is 14.9. The number of aromatic nitrogens is 2. The quantitative estimate of drug-likeness (QED) is 0.146. The van der Waals surface area contributed by atoms with Crippen molar-refractivity contribution in [2.24, 2.45) is 17.3 Å². The third-order valence-electron chi connectivity index (χ3n) is 18.4. The summed E-state index contributed by atoms with van der Waals surface area (Å²) < 4.78 is 38.4. The molecule has 2 N–H and O–H groups in total. The third kappa shape index (κ3) is 10.7. The molecule has 2 bridgehead atoms. The molecule has 0 spiro atoms. The van der Waals surface area contributed by atoms with Gasteiger partial charge >= 0.3 is 0 Å². The number of amides is 5. The molecular formula is C59H72F2N8O7. The molecule has 8 aliphatic rings. The minimum absolute atomic E-state index is 0.0106. The number of rotatable bonds is 13. The molecule has 5 amide bonds. The molecule has 4 aromatic rings. The summed E-state index contributed by atoms with van der Waals surface area (Å²) in [7, 11) is 0. The Bertz CT molecular complexity index is 2900. The van der Waals surface area contributed by atoms with Gasteiger partial charge in [0.05, 0.1) is 45.9 Å². The van der Waals surface area contributed by atoms with E-state index in [0.717, 1.165) is 77.0 Å². The number of fused-ring (bicyclic) bond motifs is 1. The average molecular weight is 1040 g/mol. The first-order chi connectivity index (χ1) is 36.7. The molecule has 12 rings (SSSR count). The standard InChI is InChI=1S/C59H72F2N8O7/c1-58(20-25-65(26-21-58)37-50(70)66-27-29-68(30-28-66)55(73)47-31-38(16-17-48(47)60)32-49-44-12-5-6-13-45(44)54(72)64-63-49)76-42-18-23-67(24-19-42)56(74)52(40-9-3-2-4-10-40)62-53(71)46-15-7-14-43(51(46)61)41-11-8-22-69(36-41)57(75)59-33-39(34-59)35-59/h5-7,12-17,31,39-42,52H,2-4,8-11,18-30,32-37H2,1H3,(H,62,71)(H,64,72)/t39?,41?,52-,59?/m1/s1. The smallest absolute Gasteiger partial charge is 0.272 e. The summed E-state index contributed by atoms with van der Waals surface area (Å²) in [6.07, 6.45) is 12.2. The Balaban J connectivity index is 0.633. The molecule has 1 unspecified atom stereocenters. The van der Waals surface area contributed by atoms with Gasteiger partial charge in [-0.2, -0.15) is 5.10 Å². The van der Waals surface area contributed by atoms with Gasteiger partial charge in [-0.25, -0.2) is 13.9 Å². The molecule has 3 aromatic carbocycles. The van der Waals surface area contributed by atoms with Gasteiger partial charge in [-0.15, -0.1) is 0 Å². The van der Waals surface area contributed by atoms with Gasteiger partial charge < -0.3 is 29.7 Å². The Morgan fingerprint density at radius 2 is 1.46 bits per heavy atom. The molecule has 2 atom stereocenters. The lowest BCUT2D eigenvalue weighted by Crippen LogP contribution is -2.62. The van der Waals surface area contributed by atoms with E-state index in [1.165, 1.54) is 12.1 Å². The number of nitrogens with one attached hydrogen (secondary N) is 2. The van der Waals surface area contributed by atoms with Gasteiger partial charge in [0.2, 0.25) is 17.7 Å². The maximum atomic E-state index is 16.5. The van der Waals surface area contributed by atoms with Crippen molar-refractivity contribution in [2.45, 2.75) is 127 Å². The van der Waals surface area contributed by atoms with Crippen LogP contribution in [0.2, 0.25) is 0 Å². The maximum Gasteiger partial charge on any atom is 0.272 e. The lowest BCUT2D eigenvalue weighted by molar-refractivity contribution is -0.178. The average Bonchev–Trinajstić information content (AvgIpc) is 3.41. The molecule has 17 heteroatoms. The van der Waals surface area contributed by atoms with E-state index < -0.39 is 35.1 Å². The van der Waals surface area contributed by atoms with Crippen LogP contribution in [0, 0.1) is 28.9 Å². The number of H-pyrrole nitrogens is 1. The number of piperazine rings is 1. The lowest BCUT2D eigenvalue weighted by Gasteiger charge is -2.61. The van der Waals surface area contributed by atoms with Gasteiger partial charge in [0.25, 0.3) is 17.4 Å². The summed E-state index contributed by atoms with van der Waals surface area (Å²) >= 11 is 0. The number of aromatic amines is 1. The number of hydrogen-bond acceptors (Lipinski definition) is 9. The van der Waals surface area contributed by atoms with Gasteiger partial charge in [0.15, 0.2) is 0 Å². The van der Waals surface area contributed by atoms with Crippen molar-refractivity contribution in [2.75, 3.05) is 72.0 Å². The van der Waals surface area contributed by atoms with E-state index >= 15 is 8.78 Å². The molecule has 404 valence electrons. The van der Waals surface area contributed by atoms with Crippen molar-refractivity contribution in [3.05, 3.63) is 111 Å². The van der Waals surface area contributed by atoms with Crippen molar-refractivity contribution in [3.8, 4) is 0 Å². The van der Waals surface area contributed by atoms with Crippen LogP contribution in [-0.4, -0.2) is 154 Å². The van der Waals surface area contributed by atoms with Crippen LogP contribution in [-0.2, 0) is 25.5 Å². The first kappa shape index (κ1) is 52.0. The minimum Gasteiger partial charge on any atom is -0.372 e. The molecule has 8 fully saturated rings. The largest absolute Gasteiger partial charge is 0.372 e. The molecule has 4 saturated heterocycles. The van der Waals surface area contributed by atoms with E-state index in [9.17, 15) is 28.8 Å². The van der Waals surface area contributed by atoms with E-state index in [4.69, 9.17) is 4.74 Å². The van der Waals surface area contributed by atoms with E-state index in [-0.39, 0.29) is 77.4 Å². The van der Waals surface area contributed by atoms with Gasteiger partial charge in [0.1, 0.15) is 17.7 Å². The zero-order valence-corrected chi connectivity index (χ0v) is 43.8. The maximum absolute atomic E-state index is 16.5. The van der Waals surface area contributed by atoms with Crippen LogP contribution in [0.1, 0.15) is 140 Å². The fourth-order valence-corrected chi connectivity index (χ4v) is 13.7. The number of hydrogen-bond donors (Lipinski definition) is 2. The summed E-state index contributed by atoms with van der Waals surface area (Å²) in [5.74, 6) is -1.61. The van der Waals surface area contributed by atoms with Crippen LogP contribution in [0.25, 0.3) is 10.8 Å². The number of halogens is 2. The molecule has 0 radical (unpaired) electrons. The highest BCUT2D eigenvalue weighted by molar-refractivity contribution is 5.98. The Labute approximate surface area is 443 Å². The van der Waals surface area contributed by atoms with Crippen molar-refractivity contribution in [1.82, 2.24) is 40.0 Å². The molecule has 1 aromatic heterocycles. The fraction of sp³-hybridized carbons (Fsp3) is 0.576. The molecule has 5 heterocycles. The highest BCUT2D eigenvalue weighted by Crippen LogP contribution is 2.65. The van der Waals surface area contributed by atoms with Crippen LogP contribution in [0.3, 0.4) is 0 Å². The van der Waals surface area contributed by atoms with Crippen LogP contribution >= 0.6 is 0 Å². The number of benzene rings is 3. The summed E-state index contributed by atoms with van der Waals surface area (Å²) in [6, 6.07) is 15.8. The number of nitrogens with zero attached hydrogens (tertiary/aromatic N) is 6. The monoisotopic (exact) mass is 1040 g/mol. The summed E-state index contributed by atoms with van der Waals surface area (Å²) in [5, 5.41) is 11.0. The first-order valence-corrected chi connectivity index (χ1v) is 28.1. The Hall–Kier alpha value is -6.07. The van der Waals surface area contributed by atoms with Crippen LogP contribution in [0.5, 0.6) is 0 Å². The second-order valence-corrected chi connectivity index (χ2v) is 23.5. The fourth-order valence-electron chi connectivity index (χ4n) is 13.7. The van der Waals surface area contributed by atoms with E-state index in [1.54, 1.807) is 46.2 Å². The number of likely N-dealkylation sites (tertiary alicyclic amines) is 3. The van der Waals surface area contributed by atoms with E-state index in [1.807, 2.05) is 21.9 Å². The summed E-state index contributed by atoms with van der Waals surface area (Å²) in [4.78, 5) is 90.8. The van der Waals surface area contributed by atoms with Gasteiger partial charge in [-0.05, 0) is 125 Å².